The number of nitrogens with one attached hydrogen (secondary N) is 2. The molecule has 19 heavy (non-hydrogen) atoms. The second kappa shape index (κ2) is 5.36. The van der Waals surface area contributed by atoms with Gasteiger partial charge in [0.05, 0.1) is 5.52 Å². The van der Waals surface area contributed by atoms with E-state index in [0.29, 0.717) is 11.7 Å². The molecule has 0 bridgehead atoms. The minimum absolute atomic E-state index is 0.470. The van der Waals surface area contributed by atoms with Gasteiger partial charge >= 0.3 is 0 Å². The zero-order valence-electron chi connectivity index (χ0n) is 10.8. The Bertz CT molecular complexity index is 564. The van der Waals surface area contributed by atoms with E-state index in [-0.39, 0.29) is 0 Å². The number of nitrogen functional groups attached to an aromatic ring is 1. The molecule has 2 aromatic heterocycles. The fraction of sp³-hybridized carbons (Fsp3) is 0.462. The number of piperidine rings is 1. The number of aromatic nitrogens is 3. The van der Waals surface area contributed by atoms with Crippen molar-refractivity contribution in [2.24, 2.45) is 5.92 Å². The maximum absolute atomic E-state index is 5.80. The molecule has 100 valence electrons. The van der Waals surface area contributed by atoms with Gasteiger partial charge in [-0.3, -0.25) is 4.98 Å². The number of nitrogens with zero attached hydrogens (tertiary/aromatic N) is 3. The largest absolute Gasteiger partial charge is 0.384 e. The van der Waals surface area contributed by atoms with Gasteiger partial charge in [-0.2, -0.15) is 0 Å². The van der Waals surface area contributed by atoms with E-state index in [4.69, 9.17) is 5.73 Å². The number of nitrogens with two attached hydrogens (primary N) is 1. The van der Waals surface area contributed by atoms with Crippen LogP contribution in [0.25, 0.3) is 11.0 Å². The normalized spacial score (nSPS) is 19.5. The highest BCUT2D eigenvalue weighted by atomic mass is 15.0. The fourth-order valence-corrected chi connectivity index (χ4v) is 2.45. The van der Waals surface area contributed by atoms with Crippen molar-refractivity contribution in [3.63, 3.8) is 0 Å². The lowest BCUT2D eigenvalue weighted by molar-refractivity contribution is 0.392. The minimum Gasteiger partial charge on any atom is -0.384 e. The van der Waals surface area contributed by atoms with Crippen molar-refractivity contribution in [1.29, 1.82) is 0 Å². The lowest BCUT2D eigenvalue weighted by Gasteiger charge is -2.23. The fourth-order valence-electron chi connectivity index (χ4n) is 2.45. The van der Waals surface area contributed by atoms with Crippen molar-refractivity contribution in [2.75, 3.05) is 30.7 Å². The van der Waals surface area contributed by atoms with Crippen LogP contribution in [0.2, 0.25) is 0 Å². The van der Waals surface area contributed by atoms with Crippen molar-refractivity contribution in [2.45, 2.75) is 12.8 Å². The van der Waals surface area contributed by atoms with Gasteiger partial charge in [0.2, 0.25) is 0 Å². The van der Waals surface area contributed by atoms with E-state index in [0.717, 1.165) is 36.5 Å². The number of pyridine rings is 1. The average Bonchev–Trinajstić information content (AvgIpc) is 2.45. The molecular weight excluding hydrogens is 240 g/mol. The highest BCUT2D eigenvalue weighted by Crippen LogP contribution is 2.20. The van der Waals surface area contributed by atoms with Gasteiger partial charge in [0.25, 0.3) is 0 Å². The van der Waals surface area contributed by atoms with Crippen LogP contribution >= 0.6 is 0 Å². The predicted molar refractivity (Wildman–Crippen MR) is 75.8 cm³/mol. The van der Waals surface area contributed by atoms with Gasteiger partial charge in [-0.15, -0.1) is 0 Å². The molecule has 0 radical (unpaired) electrons. The predicted octanol–water partition coefficient (Wildman–Crippen LogP) is 1.02. The van der Waals surface area contributed by atoms with Crippen LogP contribution in [-0.2, 0) is 0 Å². The minimum atomic E-state index is 0.470. The summed E-state index contributed by atoms with van der Waals surface area (Å²) in [4.78, 5) is 12.9. The molecule has 1 fully saturated rings. The summed E-state index contributed by atoms with van der Waals surface area (Å²) in [6, 6.07) is 1.75. The van der Waals surface area contributed by atoms with E-state index < -0.39 is 0 Å². The molecule has 4 N–H and O–H groups in total. The molecule has 6 nitrogen and oxygen atoms in total. The molecule has 0 aromatic carbocycles. The molecule has 0 aliphatic carbocycles. The molecule has 6 heteroatoms. The van der Waals surface area contributed by atoms with Gasteiger partial charge in [0.15, 0.2) is 5.82 Å². The summed E-state index contributed by atoms with van der Waals surface area (Å²) in [6.45, 7) is 3.06. The quantitative estimate of drug-likeness (QED) is 0.761. The first kappa shape index (κ1) is 12.1. The highest BCUT2D eigenvalue weighted by Gasteiger charge is 2.14. The summed E-state index contributed by atoms with van der Waals surface area (Å²) < 4.78 is 0. The molecule has 0 saturated carbocycles. The third kappa shape index (κ3) is 2.73. The van der Waals surface area contributed by atoms with Crippen LogP contribution in [0.1, 0.15) is 12.8 Å². The first-order valence-corrected chi connectivity index (χ1v) is 6.65. The Morgan fingerprint density at radius 3 is 3.11 bits per heavy atom. The second-order valence-electron chi connectivity index (χ2n) is 4.91. The van der Waals surface area contributed by atoms with Gasteiger partial charge in [-0.1, -0.05) is 0 Å². The lowest BCUT2D eigenvalue weighted by Crippen LogP contribution is -2.33. The maximum atomic E-state index is 5.80. The topological polar surface area (TPSA) is 88.8 Å². The molecule has 1 aliphatic heterocycles. The summed E-state index contributed by atoms with van der Waals surface area (Å²) in [6.07, 6.45) is 5.81. The van der Waals surface area contributed by atoms with E-state index in [9.17, 15) is 0 Å². The number of hydrogen-bond acceptors (Lipinski definition) is 6. The summed E-state index contributed by atoms with van der Waals surface area (Å²) in [5.74, 6) is 1.83. The van der Waals surface area contributed by atoms with Crippen LogP contribution in [0.15, 0.2) is 18.5 Å². The molecule has 2 aromatic rings. The molecule has 1 atom stereocenters. The second-order valence-corrected chi connectivity index (χ2v) is 4.91. The van der Waals surface area contributed by atoms with Gasteiger partial charge in [-0.25, -0.2) is 9.97 Å². The van der Waals surface area contributed by atoms with E-state index >= 15 is 0 Å². The van der Waals surface area contributed by atoms with Gasteiger partial charge in [-0.05, 0) is 31.8 Å². The third-order valence-corrected chi connectivity index (χ3v) is 3.43. The highest BCUT2D eigenvalue weighted by molar-refractivity contribution is 5.86. The van der Waals surface area contributed by atoms with Gasteiger partial charge < -0.3 is 16.4 Å². The van der Waals surface area contributed by atoms with E-state index in [2.05, 4.69) is 25.6 Å². The summed E-state index contributed by atoms with van der Waals surface area (Å²) in [7, 11) is 0. The van der Waals surface area contributed by atoms with Crippen LogP contribution in [-0.4, -0.2) is 34.6 Å². The first-order chi connectivity index (χ1) is 9.33. The Kier molecular flexibility index (Phi) is 3.41. The number of anilines is 2. The summed E-state index contributed by atoms with van der Waals surface area (Å²) in [5, 5.41) is 6.77. The third-order valence-electron chi connectivity index (χ3n) is 3.43. The molecule has 0 unspecified atom stereocenters. The van der Waals surface area contributed by atoms with Crippen molar-refractivity contribution in [1.82, 2.24) is 20.3 Å². The van der Waals surface area contributed by atoms with E-state index in [1.165, 1.54) is 12.8 Å². The van der Waals surface area contributed by atoms with Crippen LogP contribution in [0.5, 0.6) is 0 Å². The van der Waals surface area contributed by atoms with Crippen LogP contribution < -0.4 is 16.4 Å². The Labute approximate surface area is 111 Å². The number of rotatable bonds is 3. The Hall–Kier alpha value is -1.95. The Morgan fingerprint density at radius 1 is 1.37 bits per heavy atom. The van der Waals surface area contributed by atoms with Crippen LogP contribution in [0.4, 0.5) is 11.6 Å². The Morgan fingerprint density at radius 2 is 2.26 bits per heavy atom. The molecule has 0 amide bonds. The molecular formula is C13H18N6. The smallest absolute Gasteiger partial charge is 0.156 e. The summed E-state index contributed by atoms with van der Waals surface area (Å²) >= 11 is 0. The molecule has 3 rings (SSSR count). The van der Waals surface area contributed by atoms with Crippen LogP contribution in [0.3, 0.4) is 0 Å². The molecule has 1 saturated heterocycles. The Balaban J connectivity index is 1.79. The maximum Gasteiger partial charge on any atom is 0.156 e. The zero-order chi connectivity index (χ0) is 13.1. The summed E-state index contributed by atoms with van der Waals surface area (Å²) in [5.41, 5.74) is 7.36. The van der Waals surface area contributed by atoms with E-state index in [1.807, 2.05) is 0 Å². The molecule has 3 heterocycles. The molecule has 1 aliphatic rings. The monoisotopic (exact) mass is 258 g/mol. The van der Waals surface area contributed by atoms with E-state index in [1.54, 1.807) is 18.5 Å². The first-order valence-electron chi connectivity index (χ1n) is 6.65. The van der Waals surface area contributed by atoms with Crippen molar-refractivity contribution >= 4 is 22.7 Å². The number of fused-ring (bicyclic) bond motifs is 1. The standard InChI is InChI=1S/C13H18N6/c14-11-6-10-12(17-5-4-16-10)13(19-11)18-8-9-2-1-3-15-7-9/h4-6,9,15H,1-3,7-8H2,(H3,14,18,19)/t9-/m0/s1. The van der Waals surface area contributed by atoms with Crippen molar-refractivity contribution < 1.29 is 0 Å². The van der Waals surface area contributed by atoms with Gasteiger partial charge in [0.1, 0.15) is 11.3 Å². The SMILES string of the molecule is Nc1cc2nccnc2c(NC[C@H]2CCCNC2)n1. The average molecular weight is 258 g/mol. The molecule has 0 spiro atoms. The van der Waals surface area contributed by atoms with Crippen LogP contribution in [0, 0.1) is 5.92 Å². The van der Waals surface area contributed by atoms with Crippen molar-refractivity contribution in [3.05, 3.63) is 18.5 Å². The van der Waals surface area contributed by atoms with Crippen molar-refractivity contribution in [3.8, 4) is 0 Å². The lowest BCUT2D eigenvalue weighted by atomic mass is 10.00. The number of hydrogen-bond donors (Lipinski definition) is 3. The zero-order valence-corrected chi connectivity index (χ0v) is 10.8. The van der Waals surface area contributed by atoms with Gasteiger partial charge in [0, 0.05) is 25.0 Å².